The summed E-state index contributed by atoms with van der Waals surface area (Å²) in [4.78, 5) is 36.1. The Morgan fingerprint density at radius 3 is 2.72 bits per heavy atom. The molecule has 3 rings (SSSR count). The number of halogens is 1. The number of benzene rings is 2. The van der Waals surface area contributed by atoms with Gasteiger partial charge in [-0.3, -0.25) is 4.79 Å². The molecular weight excluding hydrogens is 442 g/mol. The number of esters is 1. The number of rotatable bonds is 7. The standard InChI is InChI=1S/C21H16BrNO6/c1-2-9-23-20(25)15-10-13-7-8-14(11-18(13)29-21(15)26)28-19(24)12-27-17-6-4-3-5-16(17)22/h2-8,10-11H,1,9,12H2,(H,23,25). The summed E-state index contributed by atoms with van der Waals surface area (Å²) < 4.78 is 16.5. The number of carbonyl (C=O) groups excluding carboxylic acids is 2. The summed E-state index contributed by atoms with van der Waals surface area (Å²) in [6.07, 6.45) is 1.50. The van der Waals surface area contributed by atoms with E-state index in [9.17, 15) is 14.4 Å². The monoisotopic (exact) mass is 457 g/mol. The normalized spacial score (nSPS) is 10.4. The molecule has 0 unspecified atom stereocenters. The minimum Gasteiger partial charge on any atom is -0.481 e. The molecule has 2 aromatic carbocycles. The van der Waals surface area contributed by atoms with E-state index in [-0.39, 0.29) is 30.0 Å². The third kappa shape index (κ3) is 5.11. The summed E-state index contributed by atoms with van der Waals surface area (Å²) in [5.74, 6) is -0.482. The van der Waals surface area contributed by atoms with Gasteiger partial charge in [-0.05, 0) is 46.3 Å². The van der Waals surface area contributed by atoms with Crippen molar-refractivity contribution < 1.29 is 23.5 Å². The quantitative estimate of drug-likeness (QED) is 0.252. The molecule has 8 heteroatoms. The van der Waals surface area contributed by atoms with Gasteiger partial charge in [-0.1, -0.05) is 18.2 Å². The molecule has 0 bridgehead atoms. The SMILES string of the molecule is C=CCNC(=O)c1cc2ccc(OC(=O)COc3ccccc3Br)cc2oc1=O. The van der Waals surface area contributed by atoms with E-state index in [1.54, 1.807) is 24.3 Å². The molecule has 1 heterocycles. The van der Waals surface area contributed by atoms with Crippen LogP contribution in [0.1, 0.15) is 10.4 Å². The average Bonchev–Trinajstić information content (AvgIpc) is 2.71. The fourth-order valence-corrected chi connectivity index (χ4v) is 2.83. The zero-order valence-electron chi connectivity index (χ0n) is 15.1. The van der Waals surface area contributed by atoms with Gasteiger partial charge in [0.1, 0.15) is 22.6 Å². The zero-order valence-corrected chi connectivity index (χ0v) is 16.7. The van der Waals surface area contributed by atoms with Gasteiger partial charge in [0.05, 0.1) is 4.47 Å². The Balaban J connectivity index is 1.71. The predicted molar refractivity (Wildman–Crippen MR) is 110 cm³/mol. The lowest BCUT2D eigenvalue weighted by atomic mass is 10.1. The van der Waals surface area contributed by atoms with Crippen molar-refractivity contribution in [1.82, 2.24) is 5.32 Å². The molecule has 0 atom stereocenters. The molecule has 0 fully saturated rings. The Kier molecular flexibility index (Phi) is 6.46. The molecule has 0 saturated heterocycles. The topological polar surface area (TPSA) is 94.8 Å². The molecule has 7 nitrogen and oxygen atoms in total. The number of fused-ring (bicyclic) bond motifs is 1. The Morgan fingerprint density at radius 2 is 1.97 bits per heavy atom. The highest BCUT2D eigenvalue weighted by molar-refractivity contribution is 9.10. The van der Waals surface area contributed by atoms with E-state index in [4.69, 9.17) is 13.9 Å². The maximum Gasteiger partial charge on any atom is 0.349 e. The number of amides is 1. The molecule has 3 aromatic rings. The van der Waals surface area contributed by atoms with Crippen molar-refractivity contribution in [2.24, 2.45) is 0 Å². The maximum atomic E-state index is 12.1. The van der Waals surface area contributed by atoms with Gasteiger partial charge in [-0.15, -0.1) is 6.58 Å². The summed E-state index contributed by atoms with van der Waals surface area (Å²) >= 11 is 3.32. The van der Waals surface area contributed by atoms with Gasteiger partial charge in [0.25, 0.3) is 5.91 Å². The number of ether oxygens (including phenoxy) is 2. The summed E-state index contributed by atoms with van der Waals surface area (Å²) in [7, 11) is 0. The first kappa shape index (κ1) is 20.3. The molecule has 148 valence electrons. The van der Waals surface area contributed by atoms with Crippen LogP contribution < -0.4 is 20.4 Å². The van der Waals surface area contributed by atoms with Crippen molar-refractivity contribution in [2.45, 2.75) is 0 Å². The summed E-state index contributed by atoms with van der Waals surface area (Å²) in [6.45, 7) is 3.43. The fourth-order valence-electron chi connectivity index (χ4n) is 2.43. The molecule has 0 spiro atoms. The van der Waals surface area contributed by atoms with Crippen LogP contribution >= 0.6 is 15.9 Å². The van der Waals surface area contributed by atoms with Crippen LogP contribution in [-0.4, -0.2) is 25.0 Å². The lowest BCUT2D eigenvalue weighted by Crippen LogP contribution is -2.28. The second kappa shape index (κ2) is 9.20. The van der Waals surface area contributed by atoms with Crippen LogP contribution in [0.15, 0.2) is 74.9 Å². The van der Waals surface area contributed by atoms with Crippen molar-refractivity contribution in [1.29, 1.82) is 0 Å². The molecule has 0 aliphatic rings. The average molecular weight is 458 g/mol. The Labute approximate surface area is 174 Å². The zero-order chi connectivity index (χ0) is 20.8. The van der Waals surface area contributed by atoms with Gasteiger partial charge in [-0.2, -0.15) is 0 Å². The van der Waals surface area contributed by atoms with Gasteiger partial charge < -0.3 is 19.2 Å². The van der Waals surface area contributed by atoms with Crippen LogP contribution in [-0.2, 0) is 4.79 Å². The van der Waals surface area contributed by atoms with Crippen molar-refractivity contribution in [3.63, 3.8) is 0 Å². The lowest BCUT2D eigenvalue weighted by Gasteiger charge is -2.08. The number of hydrogen-bond acceptors (Lipinski definition) is 6. The van der Waals surface area contributed by atoms with Crippen LogP contribution in [0.2, 0.25) is 0 Å². The van der Waals surface area contributed by atoms with E-state index in [1.807, 2.05) is 6.07 Å². The third-order valence-electron chi connectivity index (χ3n) is 3.77. The minimum atomic E-state index is -0.792. The van der Waals surface area contributed by atoms with Crippen LogP contribution in [0.5, 0.6) is 11.5 Å². The molecule has 0 radical (unpaired) electrons. The molecule has 0 aliphatic heterocycles. The van der Waals surface area contributed by atoms with E-state index in [2.05, 4.69) is 27.8 Å². The predicted octanol–water partition coefficient (Wildman–Crippen LogP) is 3.46. The van der Waals surface area contributed by atoms with Crippen molar-refractivity contribution in [2.75, 3.05) is 13.2 Å². The van der Waals surface area contributed by atoms with Gasteiger partial charge in [0.15, 0.2) is 6.61 Å². The second-order valence-electron chi connectivity index (χ2n) is 5.84. The third-order valence-corrected chi connectivity index (χ3v) is 4.43. The summed E-state index contributed by atoms with van der Waals surface area (Å²) in [5.41, 5.74) is -0.724. The summed E-state index contributed by atoms with van der Waals surface area (Å²) in [6, 6.07) is 13.0. The minimum absolute atomic E-state index is 0.120. The summed E-state index contributed by atoms with van der Waals surface area (Å²) in [5, 5.41) is 3.03. The van der Waals surface area contributed by atoms with E-state index >= 15 is 0 Å². The molecule has 0 saturated carbocycles. The highest BCUT2D eigenvalue weighted by Gasteiger charge is 2.14. The molecule has 1 aromatic heterocycles. The fraction of sp³-hybridized carbons (Fsp3) is 0.0952. The van der Waals surface area contributed by atoms with Crippen molar-refractivity contribution >= 4 is 38.8 Å². The smallest absolute Gasteiger partial charge is 0.349 e. The van der Waals surface area contributed by atoms with Crippen molar-refractivity contribution in [3.05, 3.63) is 81.6 Å². The van der Waals surface area contributed by atoms with Crippen LogP contribution in [0.3, 0.4) is 0 Å². The van der Waals surface area contributed by atoms with E-state index in [0.29, 0.717) is 15.6 Å². The largest absolute Gasteiger partial charge is 0.481 e. The van der Waals surface area contributed by atoms with E-state index in [1.165, 1.54) is 24.3 Å². The first-order chi connectivity index (χ1) is 14.0. The Bertz CT molecular complexity index is 1140. The Morgan fingerprint density at radius 1 is 1.17 bits per heavy atom. The lowest BCUT2D eigenvalue weighted by molar-refractivity contribution is -0.136. The van der Waals surface area contributed by atoms with Gasteiger partial charge in [0.2, 0.25) is 0 Å². The van der Waals surface area contributed by atoms with Crippen molar-refractivity contribution in [3.8, 4) is 11.5 Å². The van der Waals surface area contributed by atoms with E-state index in [0.717, 1.165) is 0 Å². The van der Waals surface area contributed by atoms with Gasteiger partial charge in [-0.25, -0.2) is 9.59 Å². The van der Waals surface area contributed by atoms with Crippen LogP contribution in [0.25, 0.3) is 11.0 Å². The highest BCUT2D eigenvalue weighted by Crippen LogP contribution is 2.24. The molecule has 0 aliphatic carbocycles. The van der Waals surface area contributed by atoms with Gasteiger partial charge >= 0.3 is 11.6 Å². The van der Waals surface area contributed by atoms with Gasteiger partial charge in [0, 0.05) is 18.0 Å². The molecule has 29 heavy (non-hydrogen) atoms. The first-order valence-corrected chi connectivity index (χ1v) is 9.32. The second-order valence-corrected chi connectivity index (χ2v) is 6.69. The first-order valence-electron chi connectivity index (χ1n) is 8.53. The number of para-hydroxylation sites is 1. The number of carbonyl (C=O) groups is 2. The maximum absolute atomic E-state index is 12.1. The van der Waals surface area contributed by atoms with Crippen LogP contribution in [0, 0.1) is 0 Å². The number of nitrogens with one attached hydrogen (secondary N) is 1. The molecular formula is C21H16BrNO6. The Hall–Kier alpha value is -3.39. The highest BCUT2D eigenvalue weighted by atomic mass is 79.9. The van der Waals surface area contributed by atoms with E-state index < -0.39 is 17.5 Å². The van der Waals surface area contributed by atoms with Crippen LogP contribution in [0.4, 0.5) is 0 Å². The number of hydrogen-bond donors (Lipinski definition) is 1. The molecule has 1 N–H and O–H groups in total. The molecule has 1 amide bonds.